The molecule has 0 saturated heterocycles. The number of nitrogens with zero attached hydrogens (tertiary/aromatic N) is 1. The Morgan fingerprint density at radius 2 is 1.90 bits per heavy atom. The maximum absolute atomic E-state index is 13.4. The van der Waals surface area contributed by atoms with Crippen LogP contribution in [-0.2, 0) is 0 Å². The molecule has 0 radical (unpaired) electrons. The number of ether oxygens (including phenoxy) is 1. The molecule has 7 heteroatoms. The lowest BCUT2D eigenvalue weighted by atomic mass is 10.2. The van der Waals surface area contributed by atoms with Crippen LogP contribution in [0.15, 0.2) is 36.4 Å². The van der Waals surface area contributed by atoms with E-state index in [4.69, 9.17) is 4.74 Å². The number of hydrogen-bond acceptors (Lipinski definition) is 4. The molecule has 0 spiro atoms. The number of aldehydes is 1. The molecule has 0 heterocycles. The lowest BCUT2D eigenvalue weighted by molar-refractivity contribution is -0.385. The topological polar surface area (TPSA) is 69.4 Å². The van der Waals surface area contributed by atoms with E-state index < -0.39 is 22.2 Å². The highest BCUT2D eigenvalue weighted by molar-refractivity contribution is 5.80. The van der Waals surface area contributed by atoms with Crippen molar-refractivity contribution in [1.82, 2.24) is 0 Å². The van der Waals surface area contributed by atoms with Crippen LogP contribution in [0.2, 0.25) is 0 Å². The first-order valence-electron chi connectivity index (χ1n) is 5.38. The predicted molar refractivity (Wildman–Crippen MR) is 64.9 cm³/mol. The largest absolute Gasteiger partial charge is 0.449 e. The maximum Gasteiger partial charge on any atom is 0.314 e. The molecule has 0 aliphatic heterocycles. The molecule has 2 rings (SSSR count). The van der Waals surface area contributed by atoms with E-state index in [0.29, 0.717) is 6.07 Å². The number of nitro benzene ring substituents is 1. The Labute approximate surface area is 111 Å². The van der Waals surface area contributed by atoms with Crippen LogP contribution in [0.3, 0.4) is 0 Å². The highest BCUT2D eigenvalue weighted by atomic mass is 19.1. The van der Waals surface area contributed by atoms with Crippen molar-refractivity contribution in [2.45, 2.75) is 0 Å². The average Bonchev–Trinajstić information content (AvgIpc) is 2.41. The molecule has 0 aliphatic carbocycles. The fourth-order valence-corrected chi connectivity index (χ4v) is 1.56. The van der Waals surface area contributed by atoms with E-state index in [1.165, 1.54) is 12.1 Å². The average molecular weight is 279 g/mol. The van der Waals surface area contributed by atoms with Gasteiger partial charge in [-0.2, -0.15) is 0 Å². The number of benzene rings is 2. The van der Waals surface area contributed by atoms with E-state index in [-0.39, 0.29) is 23.3 Å². The van der Waals surface area contributed by atoms with E-state index in [1.807, 2.05) is 0 Å². The van der Waals surface area contributed by atoms with Gasteiger partial charge in [-0.25, -0.2) is 8.78 Å². The van der Waals surface area contributed by atoms with Crippen LogP contribution in [0.5, 0.6) is 11.5 Å². The van der Waals surface area contributed by atoms with Crippen molar-refractivity contribution in [2.75, 3.05) is 0 Å². The first-order chi connectivity index (χ1) is 9.52. The molecule has 0 bridgehead atoms. The molecular weight excluding hydrogens is 272 g/mol. The van der Waals surface area contributed by atoms with Gasteiger partial charge in [0.1, 0.15) is 17.4 Å². The van der Waals surface area contributed by atoms with Crippen LogP contribution >= 0.6 is 0 Å². The quantitative estimate of drug-likeness (QED) is 0.488. The zero-order valence-electron chi connectivity index (χ0n) is 9.88. The minimum atomic E-state index is -0.835. The van der Waals surface area contributed by atoms with Crippen molar-refractivity contribution >= 4 is 12.0 Å². The maximum atomic E-state index is 13.4. The third kappa shape index (κ3) is 2.61. The first kappa shape index (κ1) is 13.6. The summed E-state index contributed by atoms with van der Waals surface area (Å²) in [4.78, 5) is 20.8. The van der Waals surface area contributed by atoms with Crippen molar-refractivity contribution in [1.29, 1.82) is 0 Å². The van der Waals surface area contributed by atoms with Gasteiger partial charge in [0.15, 0.2) is 6.29 Å². The number of halogens is 2. The van der Waals surface area contributed by atoms with Crippen LogP contribution < -0.4 is 4.74 Å². The molecule has 0 N–H and O–H groups in total. The van der Waals surface area contributed by atoms with E-state index in [0.717, 1.165) is 18.2 Å². The highest BCUT2D eigenvalue weighted by Crippen LogP contribution is 2.33. The summed E-state index contributed by atoms with van der Waals surface area (Å²) in [5, 5.41) is 10.8. The lowest BCUT2D eigenvalue weighted by Crippen LogP contribution is -1.97. The molecule has 20 heavy (non-hydrogen) atoms. The Bertz CT molecular complexity index is 688. The summed E-state index contributed by atoms with van der Waals surface area (Å²) in [5.74, 6) is -2.10. The second kappa shape index (κ2) is 5.43. The van der Waals surface area contributed by atoms with Gasteiger partial charge in [0.05, 0.1) is 16.6 Å². The van der Waals surface area contributed by atoms with Crippen LogP contribution in [0.4, 0.5) is 14.5 Å². The summed E-state index contributed by atoms with van der Waals surface area (Å²) < 4.78 is 31.5. The third-order valence-corrected chi connectivity index (χ3v) is 2.47. The summed E-state index contributed by atoms with van der Waals surface area (Å²) >= 11 is 0. The van der Waals surface area contributed by atoms with Crippen molar-refractivity contribution in [3.8, 4) is 11.5 Å². The second-order valence-electron chi connectivity index (χ2n) is 3.74. The van der Waals surface area contributed by atoms with Crippen molar-refractivity contribution in [2.24, 2.45) is 0 Å². The molecular formula is C13H7F2NO4. The molecule has 0 fully saturated rings. The molecule has 0 atom stereocenters. The zero-order valence-corrected chi connectivity index (χ0v) is 9.88. The molecule has 102 valence electrons. The number of hydrogen-bond donors (Lipinski definition) is 0. The summed E-state index contributed by atoms with van der Waals surface area (Å²) in [6, 6.07) is 6.28. The molecule has 0 unspecified atom stereocenters. The number of nitro groups is 1. The number of carbonyl (C=O) groups excluding carboxylic acids is 1. The van der Waals surface area contributed by atoms with E-state index >= 15 is 0 Å². The van der Waals surface area contributed by atoms with Crippen LogP contribution in [0, 0.1) is 21.7 Å². The van der Waals surface area contributed by atoms with Gasteiger partial charge >= 0.3 is 5.69 Å². The fraction of sp³-hybridized carbons (Fsp3) is 0. The smallest absolute Gasteiger partial charge is 0.314 e. The van der Waals surface area contributed by atoms with Gasteiger partial charge in [-0.15, -0.1) is 0 Å². The molecule has 0 saturated carbocycles. The van der Waals surface area contributed by atoms with Crippen molar-refractivity contribution in [3.05, 3.63) is 63.7 Å². The zero-order chi connectivity index (χ0) is 14.7. The van der Waals surface area contributed by atoms with Crippen LogP contribution in [0.25, 0.3) is 0 Å². The van der Waals surface area contributed by atoms with Gasteiger partial charge in [0.25, 0.3) is 0 Å². The number of rotatable bonds is 4. The summed E-state index contributed by atoms with van der Waals surface area (Å²) in [6.07, 6.45) is 0.236. The summed E-state index contributed by atoms with van der Waals surface area (Å²) in [7, 11) is 0. The monoisotopic (exact) mass is 279 g/mol. The molecule has 2 aromatic rings. The van der Waals surface area contributed by atoms with E-state index in [2.05, 4.69) is 0 Å². The highest BCUT2D eigenvalue weighted by Gasteiger charge is 2.19. The molecule has 0 amide bonds. The van der Waals surface area contributed by atoms with Crippen LogP contribution in [0.1, 0.15) is 10.4 Å². The molecule has 2 aromatic carbocycles. The van der Waals surface area contributed by atoms with E-state index in [9.17, 15) is 23.7 Å². The SMILES string of the molecule is O=Cc1c(F)cccc1Oc1ccc(F)cc1[N+](=O)[O-]. The normalized spacial score (nSPS) is 10.1. The predicted octanol–water partition coefficient (Wildman–Crippen LogP) is 3.48. The third-order valence-electron chi connectivity index (χ3n) is 2.47. The van der Waals surface area contributed by atoms with Gasteiger partial charge in [-0.3, -0.25) is 14.9 Å². The molecule has 0 aromatic heterocycles. The minimum Gasteiger partial charge on any atom is -0.449 e. The Kier molecular flexibility index (Phi) is 3.69. The molecule has 5 nitrogen and oxygen atoms in total. The Balaban J connectivity index is 2.48. The van der Waals surface area contributed by atoms with Gasteiger partial charge in [-0.1, -0.05) is 6.07 Å². The van der Waals surface area contributed by atoms with Crippen molar-refractivity contribution in [3.63, 3.8) is 0 Å². The lowest BCUT2D eigenvalue weighted by Gasteiger charge is -2.08. The van der Waals surface area contributed by atoms with Gasteiger partial charge in [-0.05, 0) is 24.3 Å². The summed E-state index contributed by atoms with van der Waals surface area (Å²) in [5.41, 5.74) is -0.989. The molecule has 0 aliphatic rings. The minimum absolute atomic E-state index is 0.185. The van der Waals surface area contributed by atoms with Crippen LogP contribution in [-0.4, -0.2) is 11.2 Å². The van der Waals surface area contributed by atoms with Gasteiger partial charge in [0.2, 0.25) is 5.75 Å². The first-order valence-corrected chi connectivity index (χ1v) is 5.38. The van der Waals surface area contributed by atoms with Crippen molar-refractivity contribution < 1.29 is 23.2 Å². The summed E-state index contributed by atoms with van der Waals surface area (Å²) in [6.45, 7) is 0. The Morgan fingerprint density at radius 1 is 1.15 bits per heavy atom. The Morgan fingerprint density at radius 3 is 2.55 bits per heavy atom. The second-order valence-corrected chi connectivity index (χ2v) is 3.74. The van der Waals surface area contributed by atoms with Gasteiger partial charge in [0, 0.05) is 0 Å². The van der Waals surface area contributed by atoms with E-state index in [1.54, 1.807) is 0 Å². The van der Waals surface area contributed by atoms with Gasteiger partial charge < -0.3 is 4.74 Å². The standard InChI is InChI=1S/C13H7F2NO4/c14-8-4-5-13(11(6-8)16(18)19)20-12-3-1-2-10(15)9(12)7-17/h1-7H. The number of carbonyl (C=O) groups is 1. The fourth-order valence-electron chi connectivity index (χ4n) is 1.56. The Hall–Kier alpha value is -2.83.